The average Bonchev–Trinajstić information content (AvgIpc) is 2.41. The molecule has 4 nitrogen and oxygen atoms in total. The van der Waals surface area contributed by atoms with Gasteiger partial charge in [0.15, 0.2) is 0 Å². The van der Waals surface area contributed by atoms with E-state index in [9.17, 15) is 9.90 Å². The highest BCUT2D eigenvalue weighted by Gasteiger charge is 2.19. The van der Waals surface area contributed by atoms with Crippen molar-refractivity contribution in [3.8, 4) is 0 Å². The van der Waals surface area contributed by atoms with Gasteiger partial charge < -0.3 is 14.6 Å². The lowest BCUT2D eigenvalue weighted by Gasteiger charge is -2.22. The number of esters is 1. The number of aliphatic hydroxyl groups is 1. The van der Waals surface area contributed by atoms with Gasteiger partial charge in [-0.05, 0) is 19.8 Å². The summed E-state index contributed by atoms with van der Waals surface area (Å²) in [5, 5.41) is 9.84. The number of unbranched alkanes of at least 4 members (excludes halogenated alkanes) is 2. The first-order valence-electron chi connectivity index (χ1n) is 7.17. The monoisotopic (exact) mass is 272 g/mol. The van der Waals surface area contributed by atoms with E-state index in [2.05, 4.69) is 20.4 Å². The molecule has 4 heteroatoms. The molecule has 0 aromatic heterocycles. The highest BCUT2D eigenvalue weighted by molar-refractivity contribution is 5.81. The molecule has 0 heterocycles. The lowest BCUT2D eigenvalue weighted by atomic mass is 10.1. The second kappa shape index (κ2) is 11.0. The Morgan fingerprint density at radius 1 is 1.37 bits per heavy atom. The van der Waals surface area contributed by atoms with E-state index >= 15 is 0 Å². The molecule has 0 bridgehead atoms. The van der Waals surface area contributed by atoms with Crippen molar-refractivity contribution in [1.82, 2.24) is 0 Å². The summed E-state index contributed by atoms with van der Waals surface area (Å²) in [4.78, 5) is 11.0. The molecule has 0 aliphatic carbocycles. The van der Waals surface area contributed by atoms with Crippen molar-refractivity contribution in [3.05, 3.63) is 12.7 Å². The van der Waals surface area contributed by atoms with Gasteiger partial charge in [-0.25, -0.2) is 4.79 Å². The molecule has 0 aliphatic heterocycles. The molecule has 0 amide bonds. The zero-order valence-corrected chi connectivity index (χ0v) is 12.4. The molecule has 0 spiro atoms. The fourth-order valence-electron chi connectivity index (χ4n) is 1.71. The first kappa shape index (κ1) is 18.1. The predicted octanol–water partition coefficient (Wildman–Crippen LogP) is 2.84. The molecular formula is C15H28O4. The fourth-order valence-corrected chi connectivity index (χ4v) is 1.71. The van der Waals surface area contributed by atoms with Crippen molar-refractivity contribution in [2.24, 2.45) is 0 Å². The van der Waals surface area contributed by atoms with Gasteiger partial charge in [0.25, 0.3) is 0 Å². The summed E-state index contributed by atoms with van der Waals surface area (Å²) < 4.78 is 10.6. The third-order valence-corrected chi connectivity index (χ3v) is 3.10. The normalized spacial score (nSPS) is 15.6. The van der Waals surface area contributed by atoms with Gasteiger partial charge in [-0.1, -0.05) is 39.7 Å². The van der Waals surface area contributed by atoms with Gasteiger partial charge in [0.1, 0.15) is 12.2 Å². The number of hydrogen-bond acceptors (Lipinski definition) is 4. The average molecular weight is 272 g/mol. The minimum Gasteiger partial charge on any atom is -0.457 e. The van der Waals surface area contributed by atoms with Crippen LogP contribution in [0.25, 0.3) is 0 Å². The number of rotatable bonds is 11. The van der Waals surface area contributed by atoms with Gasteiger partial charge >= 0.3 is 5.97 Å². The molecule has 1 N–H and O–H groups in total. The molecule has 112 valence electrons. The van der Waals surface area contributed by atoms with E-state index in [0.29, 0.717) is 0 Å². The summed E-state index contributed by atoms with van der Waals surface area (Å²) >= 11 is 0. The van der Waals surface area contributed by atoms with Gasteiger partial charge in [-0.3, -0.25) is 0 Å². The van der Waals surface area contributed by atoms with Crippen molar-refractivity contribution in [2.45, 2.75) is 71.2 Å². The standard InChI is InChI=1S/C15H28O4/c1-5-8-9-10-13(6-2)18-11-14(16)12(4)19-15(17)7-3/h7,12-14,16H,3,5-6,8-11H2,1-2,4H3. The Bertz CT molecular complexity index is 253. The van der Waals surface area contributed by atoms with Crippen LogP contribution < -0.4 is 0 Å². The topological polar surface area (TPSA) is 55.8 Å². The molecular weight excluding hydrogens is 244 g/mol. The number of hydrogen-bond donors (Lipinski definition) is 1. The van der Waals surface area contributed by atoms with Gasteiger partial charge in [0.2, 0.25) is 0 Å². The summed E-state index contributed by atoms with van der Waals surface area (Å²) in [5.74, 6) is -0.526. The van der Waals surface area contributed by atoms with Crippen LogP contribution in [0.2, 0.25) is 0 Å². The van der Waals surface area contributed by atoms with Crippen LogP contribution >= 0.6 is 0 Å². The number of aliphatic hydroxyl groups excluding tert-OH is 1. The van der Waals surface area contributed by atoms with E-state index in [1.165, 1.54) is 12.8 Å². The van der Waals surface area contributed by atoms with Crippen molar-refractivity contribution in [1.29, 1.82) is 0 Å². The summed E-state index contributed by atoms with van der Waals surface area (Å²) in [6.07, 6.45) is 5.35. The van der Waals surface area contributed by atoms with Crippen LogP contribution in [0.1, 0.15) is 52.9 Å². The van der Waals surface area contributed by atoms with Gasteiger partial charge in [-0.15, -0.1) is 0 Å². The molecule has 0 fully saturated rings. The van der Waals surface area contributed by atoms with Crippen molar-refractivity contribution in [2.75, 3.05) is 6.61 Å². The van der Waals surface area contributed by atoms with Crippen LogP contribution in [0, 0.1) is 0 Å². The minimum absolute atomic E-state index is 0.170. The zero-order chi connectivity index (χ0) is 14.7. The molecule has 0 saturated heterocycles. The van der Waals surface area contributed by atoms with Crippen LogP contribution in [0.4, 0.5) is 0 Å². The SMILES string of the molecule is C=CC(=O)OC(C)C(O)COC(CC)CCCCC. The van der Waals surface area contributed by atoms with Crippen molar-refractivity contribution in [3.63, 3.8) is 0 Å². The van der Waals surface area contributed by atoms with Crippen LogP contribution in [0.5, 0.6) is 0 Å². The molecule has 0 aromatic carbocycles. The Balaban J connectivity index is 3.93. The first-order chi connectivity index (χ1) is 9.04. The smallest absolute Gasteiger partial charge is 0.330 e. The van der Waals surface area contributed by atoms with Crippen molar-refractivity contribution >= 4 is 5.97 Å². The molecule has 0 radical (unpaired) electrons. The van der Waals surface area contributed by atoms with Crippen LogP contribution in [0.3, 0.4) is 0 Å². The Labute approximate surface area is 116 Å². The Morgan fingerprint density at radius 3 is 2.58 bits per heavy atom. The van der Waals surface area contributed by atoms with E-state index in [-0.39, 0.29) is 12.7 Å². The lowest BCUT2D eigenvalue weighted by molar-refractivity contribution is -0.150. The Morgan fingerprint density at radius 2 is 2.05 bits per heavy atom. The molecule has 19 heavy (non-hydrogen) atoms. The van der Waals surface area contributed by atoms with Crippen LogP contribution in [0.15, 0.2) is 12.7 Å². The maximum Gasteiger partial charge on any atom is 0.330 e. The van der Waals surface area contributed by atoms with E-state index in [0.717, 1.165) is 25.3 Å². The van der Waals surface area contributed by atoms with E-state index < -0.39 is 18.2 Å². The molecule has 3 unspecified atom stereocenters. The number of ether oxygens (including phenoxy) is 2. The fraction of sp³-hybridized carbons (Fsp3) is 0.800. The zero-order valence-electron chi connectivity index (χ0n) is 12.4. The van der Waals surface area contributed by atoms with E-state index in [1.54, 1.807) is 6.92 Å². The van der Waals surface area contributed by atoms with E-state index in [4.69, 9.17) is 9.47 Å². The van der Waals surface area contributed by atoms with Crippen LogP contribution in [-0.2, 0) is 14.3 Å². The summed E-state index contributed by atoms with van der Waals surface area (Å²) in [6.45, 7) is 9.39. The second-order valence-electron chi connectivity index (χ2n) is 4.77. The van der Waals surface area contributed by atoms with E-state index in [1.807, 2.05) is 0 Å². The minimum atomic E-state index is -0.802. The highest BCUT2D eigenvalue weighted by atomic mass is 16.6. The summed E-state index contributed by atoms with van der Waals surface area (Å²) in [7, 11) is 0. The quantitative estimate of drug-likeness (QED) is 0.357. The second-order valence-corrected chi connectivity index (χ2v) is 4.77. The van der Waals surface area contributed by atoms with Crippen molar-refractivity contribution < 1.29 is 19.4 Å². The maximum atomic E-state index is 11.0. The Kier molecular flexibility index (Phi) is 10.5. The molecule has 0 rings (SSSR count). The third-order valence-electron chi connectivity index (χ3n) is 3.10. The predicted molar refractivity (Wildman–Crippen MR) is 75.9 cm³/mol. The highest BCUT2D eigenvalue weighted by Crippen LogP contribution is 2.11. The third kappa shape index (κ3) is 8.78. The molecule has 0 saturated carbocycles. The molecule has 0 aliphatic rings. The maximum absolute atomic E-state index is 11.0. The Hall–Kier alpha value is -0.870. The van der Waals surface area contributed by atoms with Gasteiger partial charge in [-0.2, -0.15) is 0 Å². The summed E-state index contributed by atoms with van der Waals surface area (Å²) in [5.41, 5.74) is 0. The number of carbonyl (C=O) groups is 1. The molecule has 3 atom stereocenters. The molecule has 0 aromatic rings. The largest absolute Gasteiger partial charge is 0.457 e. The first-order valence-corrected chi connectivity index (χ1v) is 7.17. The lowest BCUT2D eigenvalue weighted by Crippen LogP contribution is -2.33. The summed E-state index contributed by atoms with van der Waals surface area (Å²) in [6, 6.07) is 0. The number of carbonyl (C=O) groups excluding carboxylic acids is 1. The van der Waals surface area contributed by atoms with Crippen LogP contribution in [-0.4, -0.2) is 36.0 Å². The van der Waals surface area contributed by atoms with Gasteiger partial charge in [0, 0.05) is 6.08 Å². The van der Waals surface area contributed by atoms with Gasteiger partial charge in [0.05, 0.1) is 12.7 Å².